The van der Waals surface area contributed by atoms with E-state index in [2.05, 4.69) is 44.0 Å². The highest BCUT2D eigenvalue weighted by atomic mass is 14.1. The van der Waals surface area contributed by atoms with Crippen LogP contribution in [0.1, 0.15) is 63.0 Å². The van der Waals surface area contributed by atoms with Crippen LogP contribution in [0.2, 0.25) is 0 Å². The fraction of sp³-hybridized carbons (Fsp3) is 0.529. The van der Waals surface area contributed by atoms with Crippen molar-refractivity contribution in [2.75, 3.05) is 0 Å². The highest BCUT2D eigenvalue weighted by Gasteiger charge is 2.02. The normalized spacial score (nSPS) is 12.1. The Morgan fingerprint density at radius 3 is 2.41 bits per heavy atom. The topological polar surface area (TPSA) is 0 Å². The highest BCUT2D eigenvalue weighted by Crippen LogP contribution is 2.19. The SMILES string of the molecule is [C]#CCCCCCc1ccc(C(C)CC)cc1. The van der Waals surface area contributed by atoms with Crippen molar-refractivity contribution in [2.45, 2.75) is 58.3 Å². The van der Waals surface area contributed by atoms with E-state index in [0.29, 0.717) is 5.92 Å². The molecule has 0 saturated carbocycles. The summed E-state index contributed by atoms with van der Waals surface area (Å²) in [6.07, 6.45) is 13.6. The number of hydrogen-bond donors (Lipinski definition) is 0. The molecule has 0 amide bonds. The Kier molecular flexibility index (Phi) is 6.48. The van der Waals surface area contributed by atoms with Gasteiger partial charge in [0, 0.05) is 6.42 Å². The molecule has 0 heterocycles. The lowest BCUT2D eigenvalue weighted by atomic mass is 9.96. The zero-order valence-electron chi connectivity index (χ0n) is 11.1. The van der Waals surface area contributed by atoms with Gasteiger partial charge in [0.15, 0.2) is 0 Å². The van der Waals surface area contributed by atoms with Crippen molar-refractivity contribution in [3.63, 3.8) is 0 Å². The first-order valence-electron chi connectivity index (χ1n) is 6.76. The van der Waals surface area contributed by atoms with Crippen molar-refractivity contribution in [3.8, 4) is 5.92 Å². The Morgan fingerprint density at radius 2 is 1.82 bits per heavy atom. The van der Waals surface area contributed by atoms with Crippen LogP contribution in [-0.4, -0.2) is 0 Å². The maximum absolute atomic E-state index is 6.83. The summed E-state index contributed by atoms with van der Waals surface area (Å²) in [5.41, 5.74) is 2.89. The van der Waals surface area contributed by atoms with Gasteiger partial charge in [-0.15, -0.1) is 0 Å². The van der Waals surface area contributed by atoms with Crippen LogP contribution >= 0.6 is 0 Å². The summed E-state index contributed by atoms with van der Waals surface area (Å²) in [4.78, 5) is 0. The predicted molar refractivity (Wildman–Crippen MR) is 74.5 cm³/mol. The zero-order chi connectivity index (χ0) is 12.5. The van der Waals surface area contributed by atoms with Gasteiger partial charge < -0.3 is 0 Å². The van der Waals surface area contributed by atoms with Crippen molar-refractivity contribution in [3.05, 3.63) is 41.8 Å². The summed E-state index contributed by atoms with van der Waals surface area (Å²) >= 11 is 0. The molecule has 0 aliphatic rings. The average molecular weight is 227 g/mol. The lowest BCUT2D eigenvalue weighted by Gasteiger charge is -2.09. The summed E-state index contributed by atoms with van der Waals surface area (Å²) in [6, 6.07) is 9.08. The van der Waals surface area contributed by atoms with Gasteiger partial charge in [-0.25, -0.2) is 0 Å². The molecule has 0 nitrogen and oxygen atoms in total. The Bertz CT molecular complexity index is 339. The molecule has 1 rings (SSSR count). The number of hydrogen-bond acceptors (Lipinski definition) is 0. The first kappa shape index (κ1) is 13.8. The number of benzene rings is 1. The van der Waals surface area contributed by atoms with Crippen LogP contribution in [0.3, 0.4) is 0 Å². The second-order valence-electron chi connectivity index (χ2n) is 4.79. The Hall–Kier alpha value is -1.22. The third-order valence-corrected chi connectivity index (χ3v) is 3.43. The van der Waals surface area contributed by atoms with Crippen LogP contribution in [0.4, 0.5) is 0 Å². The fourth-order valence-electron chi connectivity index (χ4n) is 1.97. The third-order valence-electron chi connectivity index (χ3n) is 3.43. The Balaban J connectivity index is 2.33. The molecule has 0 N–H and O–H groups in total. The first-order chi connectivity index (χ1) is 8.27. The zero-order valence-corrected chi connectivity index (χ0v) is 11.1. The smallest absolute Gasteiger partial charge is 0.00989 e. The molecule has 1 radical (unpaired) electrons. The molecule has 0 aromatic heterocycles. The van der Waals surface area contributed by atoms with Crippen LogP contribution in [0.15, 0.2) is 24.3 Å². The maximum Gasteiger partial charge on any atom is 0.00989 e. The van der Waals surface area contributed by atoms with Gasteiger partial charge in [-0.2, -0.15) is 0 Å². The van der Waals surface area contributed by atoms with E-state index in [1.54, 1.807) is 0 Å². The van der Waals surface area contributed by atoms with Gasteiger partial charge in [0.2, 0.25) is 0 Å². The second kappa shape index (κ2) is 7.96. The maximum atomic E-state index is 6.83. The lowest BCUT2D eigenvalue weighted by Crippen LogP contribution is -1.92. The minimum absolute atomic E-state index is 0.673. The van der Waals surface area contributed by atoms with Crippen LogP contribution in [-0.2, 0) is 6.42 Å². The average Bonchev–Trinajstić information content (AvgIpc) is 2.38. The summed E-state index contributed by atoms with van der Waals surface area (Å²) < 4.78 is 0. The van der Waals surface area contributed by atoms with Crippen molar-refractivity contribution < 1.29 is 0 Å². The third kappa shape index (κ3) is 5.09. The molecule has 1 aromatic rings. The van der Waals surface area contributed by atoms with Gasteiger partial charge in [-0.05, 0) is 49.2 Å². The summed E-state index contributed by atoms with van der Waals surface area (Å²) in [5.74, 6) is 3.12. The molecule has 91 valence electrons. The molecule has 1 aromatic carbocycles. The summed E-state index contributed by atoms with van der Waals surface area (Å²) in [5, 5.41) is 0. The fourth-order valence-corrected chi connectivity index (χ4v) is 1.97. The van der Waals surface area contributed by atoms with Crippen LogP contribution < -0.4 is 0 Å². The molecule has 1 unspecified atom stereocenters. The highest BCUT2D eigenvalue weighted by molar-refractivity contribution is 5.25. The van der Waals surface area contributed by atoms with Gasteiger partial charge in [0.05, 0.1) is 0 Å². The number of rotatable bonds is 7. The molecular formula is C17H23. The second-order valence-corrected chi connectivity index (χ2v) is 4.79. The Morgan fingerprint density at radius 1 is 1.12 bits per heavy atom. The molecule has 1 atom stereocenters. The lowest BCUT2D eigenvalue weighted by molar-refractivity contribution is 0.691. The standard InChI is InChI=1S/C17H23/c1-4-6-7-8-9-10-16-11-13-17(14-12-16)15(3)5-2/h11-15H,5-10H2,2-3H3. The molecule has 0 aliphatic carbocycles. The van der Waals surface area contributed by atoms with Crippen molar-refractivity contribution in [1.82, 2.24) is 0 Å². The molecule has 0 saturated heterocycles. The molecule has 0 heteroatoms. The minimum atomic E-state index is 0.673. The van der Waals surface area contributed by atoms with Crippen LogP contribution in [0, 0.1) is 12.3 Å². The molecular weight excluding hydrogens is 204 g/mol. The van der Waals surface area contributed by atoms with E-state index in [1.165, 1.54) is 36.8 Å². The molecule has 0 spiro atoms. The minimum Gasteiger partial charge on any atom is -0.0891 e. The van der Waals surface area contributed by atoms with Gasteiger partial charge in [0.25, 0.3) is 0 Å². The van der Waals surface area contributed by atoms with Crippen LogP contribution in [0.25, 0.3) is 0 Å². The van der Waals surface area contributed by atoms with E-state index in [-0.39, 0.29) is 0 Å². The predicted octanol–water partition coefficient (Wildman–Crippen LogP) is 4.89. The van der Waals surface area contributed by atoms with E-state index >= 15 is 0 Å². The van der Waals surface area contributed by atoms with E-state index < -0.39 is 0 Å². The van der Waals surface area contributed by atoms with E-state index in [4.69, 9.17) is 6.42 Å². The van der Waals surface area contributed by atoms with Gasteiger partial charge in [0.1, 0.15) is 0 Å². The molecule has 0 fully saturated rings. The van der Waals surface area contributed by atoms with Crippen molar-refractivity contribution >= 4 is 0 Å². The van der Waals surface area contributed by atoms with Gasteiger partial charge in [-0.1, -0.05) is 50.5 Å². The molecule has 0 aliphatic heterocycles. The van der Waals surface area contributed by atoms with Crippen molar-refractivity contribution in [2.24, 2.45) is 0 Å². The van der Waals surface area contributed by atoms with E-state index in [1.807, 2.05) is 0 Å². The van der Waals surface area contributed by atoms with Gasteiger partial charge >= 0.3 is 0 Å². The quantitative estimate of drug-likeness (QED) is 0.459. The number of unbranched alkanes of at least 4 members (excludes halogenated alkanes) is 3. The first-order valence-corrected chi connectivity index (χ1v) is 6.76. The summed E-state index contributed by atoms with van der Waals surface area (Å²) in [7, 11) is 0. The molecule has 0 bridgehead atoms. The van der Waals surface area contributed by atoms with Gasteiger partial charge in [-0.3, -0.25) is 0 Å². The number of aryl methyl sites for hydroxylation is 1. The molecule has 17 heavy (non-hydrogen) atoms. The summed E-state index contributed by atoms with van der Waals surface area (Å²) in [6.45, 7) is 4.52. The monoisotopic (exact) mass is 227 g/mol. The van der Waals surface area contributed by atoms with Crippen molar-refractivity contribution in [1.29, 1.82) is 0 Å². The van der Waals surface area contributed by atoms with Crippen LogP contribution in [0.5, 0.6) is 0 Å². The largest absolute Gasteiger partial charge is 0.0891 e. The van der Waals surface area contributed by atoms with E-state index in [0.717, 1.165) is 12.8 Å². The Labute approximate surface area is 106 Å². The van der Waals surface area contributed by atoms with E-state index in [9.17, 15) is 0 Å².